The highest BCUT2D eigenvalue weighted by Crippen LogP contribution is 2.31. The Kier molecular flexibility index (Phi) is 4.23. The highest BCUT2D eigenvalue weighted by molar-refractivity contribution is 5.98. The van der Waals surface area contributed by atoms with Gasteiger partial charge in [0.25, 0.3) is 0 Å². The number of para-hydroxylation sites is 2. The van der Waals surface area contributed by atoms with E-state index in [0.717, 1.165) is 0 Å². The third-order valence-corrected chi connectivity index (χ3v) is 3.28. The number of ketones is 1. The van der Waals surface area contributed by atoms with Gasteiger partial charge < -0.3 is 14.2 Å². The smallest absolute Gasteiger partial charge is 0.351 e. The van der Waals surface area contributed by atoms with Crippen molar-refractivity contribution in [3.8, 4) is 11.5 Å². The van der Waals surface area contributed by atoms with Crippen LogP contribution in [-0.4, -0.2) is 31.1 Å². The monoisotopic (exact) mass is 316 g/mol. The van der Waals surface area contributed by atoms with E-state index in [-0.39, 0.29) is 12.2 Å². The Labute approximate surface area is 131 Å². The van der Waals surface area contributed by atoms with Crippen LogP contribution in [0.5, 0.6) is 11.5 Å². The zero-order valence-corrected chi connectivity index (χ0v) is 12.0. The second-order valence-corrected chi connectivity index (χ2v) is 4.90. The van der Waals surface area contributed by atoms with Crippen molar-refractivity contribution >= 4 is 11.8 Å². The molecule has 2 aromatic carbocycles. The molecule has 1 aliphatic rings. The summed E-state index contributed by atoms with van der Waals surface area (Å²) in [5.41, 5.74) is 0.269. The normalized spacial score (nSPS) is 15.8. The Morgan fingerprint density at radius 3 is 2.52 bits per heavy atom. The second kappa shape index (κ2) is 6.48. The number of rotatable bonds is 4. The SMILES string of the molecule is O=C(COC(=O)[C@H]1COc2ccccc2O1)c1ccc(F)cc1. The van der Waals surface area contributed by atoms with Crippen LogP contribution in [0.4, 0.5) is 4.39 Å². The Bertz CT molecular complexity index is 726. The van der Waals surface area contributed by atoms with Gasteiger partial charge in [-0.2, -0.15) is 0 Å². The van der Waals surface area contributed by atoms with E-state index in [2.05, 4.69) is 0 Å². The van der Waals surface area contributed by atoms with Crippen molar-refractivity contribution in [3.05, 3.63) is 59.9 Å². The van der Waals surface area contributed by atoms with E-state index in [4.69, 9.17) is 14.2 Å². The number of halogens is 1. The number of hydrogen-bond donors (Lipinski definition) is 0. The van der Waals surface area contributed by atoms with Gasteiger partial charge >= 0.3 is 5.97 Å². The summed E-state index contributed by atoms with van der Waals surface area (Å²) in [6.45, 7) is -0.424. The Morgan fingerprint density at radius 2 is 1.78 bits per heavy atom. The van der Waals surface area contributed by atoms with Crippen LogP contribution < -0.4 is 9.47 Å². The molecule has 3 rings (SSSR count). The van der Waals surface area contributed by atoms with Gasteiger partial charge in [-0.3, -0.25) is 4.79 Å². The fourth-order valence-corrected chi connectivity index (χ4v) is 2.08. The maximum Gasteiger partial charge on any atom is 0.351 e. The first kappa shape index (κ1) is 15.0. The Hall–Kier alpha value is -2.89. The van der Waals surface area contributed by atoms with E-state index >= 15 is 0 Å². The molecule has 1 heterocycles. The molecule has 5 nitrogen and oxygen atoms in total. The molecule has 23 heavy (non-hydrogen) atoms. The molecule has 0 saturated heterocycles. The van der Waals surface area contributed by atoms with Gasteiger partial charge in [-0.1, -0.05) is 12.1 Å². The minimum atomic E-state index is -0.925. The number of fused-ring (bicyclic) bond motifs is 1. The van der Waals surface area contributed by atoms with Gasteiger partial charge in [0.1, 0.15) is 12.4 Å². The predicted molar refractivity (Wildman–Crippen MR) is 78.0 cm³/mol. The van der Waals surface area contributed by atoms with E-state index in [0.29, 0.717) is 11.5 Å². The lowest BCUT2D eigenvalue weighted by Gasteiger charge is -2.24. The van der Waals surface area contributed by atoms with Crippen molar-refractivity contribution < 1.29 is 28.2 Å². The van der Waals surface area contributed by atoms with E-state index in [9.17, 15) is 14.0 Å². The minimum absolute atomic E-state index is 0.0145. The van der Waals surface area contributed by atoms with Crippen molar-refractivity contribution in [1.29, 1.82) is 0 Å². The number of carbonyl (C=O) groups excluding carboxylic acids is 2. The maximum atomic E-state index is 12.8. The second-order valence-electron chi connectivity index (χ2n) is 4.90. The van der Waals surface area contributed by atoms with Crippen LogP contribution in [0.25, 0.3) is 0 Å². The summed E-state index contributed by atoms with van der Waals surface area (Å²) in [6, 6.07) is 12.0. The number of carbonyl (C=O) groups is 2. The Morgan fingerprint density at radius 1 is 1.09 bits per heavy atom. The van der Waals surface area contributed by atoms with Crippen LogP contribution in [0.15, 0.2) is 48.5 Å². The molecular formula is C17H13FO5. The molecule has 2 aromatic rings. The van der Waals surface area contributed by atoms with E-state index in [1.54, 1.807) is 24.3 Å². The molecule has 0 aromatic heterocycles. The van der Waals surface area contributed by atoms with Gasteiger partial charge in [0, 0.05) is 5.56 Å². The molecule has 1 atom stereocenters. The first-order valence-electron chi connectivity index (χ1n) is 6.97. The van der Waals surface area contributed by atoms with E-state index in [1.807, 2.05) is 0 Å². The molecule has 0 fully saturated rings. The largest absolute Gasteiger partial charge is 0.485 e. The van der Waals surface area contributed by atoms with Crippen molar-refractivity contribution in [2.45, 2.75) is 6.10 Å². The summed E-state index contributed by atoms with van der Waals surface area (Å²) in [6.07, 6.45) is -0.925. The average molecular weight is 316 g/mol. The van der Waals surface area contributed by atoms with Crippen LogP contribution in [0.1, 0.15) is 10.4 Å². The summed E-state index contributed by atoms with van der Waals surface area (Å²) in [5.74, 6) is -0.542. The lowest BCUT2D eigenvalue weighted by Crippen LogP contribution is -2.38. The summed E-state index contributed by atoms with van der Waals surface area (Å²) in [5, 5.41) is 0. The Balaban J connectivity index is 1.56. The molecule has 6 heteroatoms. The molecule has 0 spiro atoms. The van der Waals surface area contributed by atoms with Crippen molar-refractivity contribution in [2.24, 2.45) is 0 Å². The van der Waals surface area contributed by atoms with Gasteiger partial charge in [0.2, 0.25) is 6.10 Å². The molecule has 0 bridgehead atoms. The lowest BCUT2D eigenvalue weighted by molar-refractivity contribution is -0.153. The highest BCUT2D eigenvalue weighted by atomic mass is 19.1. The third kappa shape index (κ3) is 3.48. The minimum Gasteiger partial charge on any atom is -0.485 e. The number of ether oxygens (including phenoxy) is 3. The van der Waals surface area contributed by atoms with Crippen LogP contribution in [-0.2, 0) is 9.53 Å². The zero-order chi connectivity index (χ0) is 16.2. The molecule has 0 saturated carbocycles. The number of benzene rings is 2. The topological polar surface area (TPSA) is 61.8 Å². The zero-order valence-electron chi connectivity index (χ0n) is 12.0. The van der Waals surface area contributed by atoms with Crippen molar-refractivity contribution in [1.82, 2.24) is 0 Å². The van der Waals surface area contributed by atoms with E-state index < -0.39 is 30.3 Å². The first-order chi connectivity index (χ1) is 11.1. The van der Waals surface area contributed by atoms with Gasteiger partial charge in [0.05, 0.1) is 0 Å². The molecule has 0 N–H and O–H groups in total. The van der Waals surface area contributed by atoms with Crippen molar-refractivity contribution in [3.63, 3.8) is 0 Å². The molecule has 0 aliphatic carbocycles. The summed E-state index contributed by atoms with van der Waals surface area (Å²) >= 11 is 0. The molecule has 1 aliphatic heterocycles. The number of Topliss-reactive ketones (excluding diaryl/α,β-unsaturated/α-hetero) is 1. The van der Waals surface area contributed by atoms with Gasteiger partial charge in [-0.25, -0.2) is 9.18 Å². The molecular weight excluding hydrogens is 303 g/mol. The molecule has 118 valence electrons. The summed E-state index contributed by atoms with van der Waals surface area (Å²) < 4.78 is 28.7. The van der Waals surface area contributed by atoms with Gasteiger partial charge in [-0.05, 0) is 36.4 Å². The third-order valence-electron chi connectivity index (χ3n) is 3.28. The van der Waals surface area contributed by atoms with Gasteiger partial charge in [-0.15, -0.1) is 0 Å². The maximum absolute atomic E-state index is 12.8. The van der Waals surface area contributed by atoms with Gasteiger partial charge in [0.15, 0.2) is 23.9 Å². The fraction of sp³-hybridized carbons (Fsp3) is 0.176. The molecule has 0 amide bonds. The van der Waals surface area contributed by atoms with Crippen LogP contribution >= 0.6 is 0 Å². The predicted octanol–water partition coefficient (Wildman–Crippen LogP) is 2.39. The first-order valence-corrected chi connectivity index (χ1v) is 6.97. The van der Waals surface area contributed by atoms with Crippen LogP contribution in [0, 0.1) is 5.82 Å². The molecule has 0 radical (unpaired) electrons. The number of hydrogen-bond acceptors (Lipinski definition) is 5. The quantitative estimate of drug-likeness (QED) is 0.640. The summed E-state index contributed by atoms with van der Waals surface area (Å²) in [4.78, 5) is 23.8. The standard InChI is InChI=1S/C17H13FO5/c18-12-7-5-11(6-8-12)13(19)9-22-17(20)16-10-21-14-3-1-2-4-15(14)23-16/h1-8,16H,9-10H2/t16-/m1/s1. The summed E-state index contributed by atoms with van der Waals surface area (Å²) in [7, 11) is 0. The van der Waals surface area contributed by atoms with Crippen molar-refractivity contribution in [2.75, 3.05) is 13.2 Å². The van der Waals surface area contributed by atoms with Crippen LogP contribution in [0.2, 0.25) is 0 Å². The molecule has 0 unspecified atom stereocenters. The lowest BCUT2D eigenvalue weighted by atomic mass is 10.1. The van der Waals surface area contributed by atoms with E-state index in [1.165, 1.54) is 24.3 Å². The van der Waals surface area contributed by atoms with Crippen LogP contribution in [0.3, 0.4) is 0 Å². The highest BCUT2D eigenvalue weighted by Gasteiger charge is 2.29. The average Bonchev–Trinajstić information content (AvgIpc) is 2.59. The number of esters is 1. The fourth-order valence-electron chi connectivity index (χ4n) is 2.08.